The van der Waals surface area contributed by atoms with Gasteiger partial charge >= 0.3 is 0 Å². The number of ether oxygens (including phenoxy) is 2. The highest BCUT2D eigenvalue weighted by atomic mass is 35.5. The van der Waals surface area contributed by atoms with Gasteiger partial charge in [0.1, 0.15) is 36.1 Å². The fraction of sp³-hybridized carbons (Fsp3) is 0.105. The minimum atomic E-state index is -0.449. The summed E-state index contributed by atoms with van der Waals surface area (Å²) < 4.78 is 14.8. The van der Waals surface area contributed by atoms with Crippen LogP contribution in [-0.2, 0) is 0 Å². The summed E-state index contributed by atoms with van der Waals surface area (Å²) in [6.45, 7) is 2.71. The molecule has 0 aliphatic heterocycles. The third kappa shape index (κ3) is 7.26. The van der Waals surface area contributed by atoms with E-state index in [1.165, 1.54) is 35.6 Å². The molecule has 0 fully saturated rings. The lowest BCUT2D eigenvalue weighted by Gasteiger charge is -2.13. The molecular formula is C38H28Cl2N4O6. The van der Waals surface area contributed by atoms with Crippen molar-refractivity contribution in [3.63, 3.8) is 0 Å². The summed E-state index contributed by atoms with van der Waals surface area (Å²) in [7, 11) is 0. The Morgan fingerprint density at radius 1 is 0.560 bits per heavy atom. The molecule has 4 aromatic carbocycles. The molecule has 0 unspecified atom stereocenters. The summed E-state index contributed by atoms with van der Waals surface area (Å²) in [5.41, 5.74) is 1.89. The first-order valence-electron chi connectivity index (χ1n) is 15.4. The van der Waals surface area contributed by atoms with Crippen molar-refractivity contribution in [2.24, 2.45) is 0 Å². The van der Waals surface area contributed by atoms with E-state index in [1.807, 2.05) is 0 Å². The molecule has 0 saturated heterocycles. The molecule has 0 N–H and O–H groups in total. The zero-order valence-electron chi connectivity index (χ0n) is 26.8. The molecular weight excluding hydrogens is 679 g/mol. The van der Waals surface area contributed by atoms with E-state index >= 15 is 0 Å². The first-order valence-corrected chi connectivity index (χ1v) is 16.1. The van der Waals surface area contributed by atoms with Crippen LogP contribution >= 0.6 is 23.2 Å². The fourth-order valence-electron chi connectivity index (χ4n) is 5.26. The summed E-state index contributed by atoms with van der Waals surface area (Å²) in [5.74, 6) is -1.10. The maximum absolute atomic E-state index is 13.8. The quantitative estimate of drug-likeness (QED) is 0.0885. The van der Waals surface area contributed by atoms with Crippen molar-refractivity contribution in [2.45, 2.75) is 13.8 Å². The molecule has 0 radical (unpaired) electrons. The average Bonchev–Trinajstić information content (AvgIpc) is 3.77. The molecule has 0 amide bonds. The molecule has 0 spiro atoms. The maximum atomic E-state index is 13.8. The van der Waals surface area contributed by atoms with Gasteiger partial charge in [-0.25, -0.2) is 9.36 Å². The average molecular weight is 708 g/mol. The van der Waals surface area contributed by atoms with Crippen LogP contribution in [0.4, 0.5) is 0 Å². The Balaban J connectivity index is 1.18. The second-order valence-corrected chi connectivity index (χ2v) is 12.0. The van der Waals surface area contributed by atoms with Crippen LogP contribution in [0.15, 0.2) is 109 Å². The third-order valence-electron chi connectivity index (χ3n) is 7.59. The van der Waals surface area contributed by atoms with Gasteiger partial charge in [0.05, 0.1) is 33.6 Å². The second-order valence-electron chi connectivity index (χ2n) is 11.1. The number of rotatable bonds is 13. The smallest absolute Gasteiger partial charge is 0.200 e. The molecule has 2 aromatic heterocycles. The van der Waals surface area contributed by atoms with E-state index in [0.717, 1.165) is 0 Å². The van der Waals surface area contributed by atoms with E-state index in [2.05, 4.69) is 10.2 Å². The van der Waals surface area contributed by atoms with Gasteiger partial charge in [0.15, 0.2) is 11.6 Å². The molecule has 0 saturated carbocycles. The van der Waals surface area contributed by atoms with Crippen molar-refractivity contribution in [1.29, 1.82) is 0 Å². The zero-order chi connectivity index (χ0) is 35.4. The molecule has 0 aliphatic carbocycles. The van der Waals surface area contributed by atoms with Crippen LogP contribution < -0.4 is 9.47 Å². The van der Waals surface area contributed by atoms with Crippen molar-refractivity contribution >= 4 is 46.3 Å². The minimum absolute atomic E-state index is 0.0134. The lowest BCUT2D eigenvalue weighted by molar-refractivity contribution is 0.0984. The van der Waals surface area contributed by atoms with E-state index in [9.17, 15) is 19.2 Å². The van der Waals surface area contributed by atoms with Gasteiger partial charge < -0.3 is 9.47 Å². The number of nitrogens with zero attached hydrogens (tertiary/aromatic N) is 4. The maximum Gasteiger partial charge on any atom is 0.200 e. The summed E-state index contributed by atoms with van der Waals surface area (Å²) >= 11 is 12.3. The van der Waals surface area contributed by atoms with Crippen LogP contribution in [0.2, 0.25) is 10.0 Å². The van der Waals surface area contributed by atoms with Crippen LogP contribution in [0.5, 0.6) is 11.5 Å². The Bertz CT molecular complexity index is 2120. The highest BCUT2D eigenvalue weighted by Crippen LogP contribution is 2.27. The molecule has 50 heavy (non-hydrogen) atoms. The molecule has 0 atom stereocenters. The molecule has 0 bridgehead atoms. The molecule has 6 aromatic rings. The molecule has 12 heteroatoms. The number of halogens is 2. The van der Waals surface area contributed by atoms with Gasteiger partial charge in [0, 0.05) is 36.3 Å². The van der Waals surface area contributed by atoms with Crippen molar-refractivity contribution in [2.75, 3.05) is 13.2 Å². The Morgan fingerprint density at radius 2 is 0.960 bits per heavy atom. The van der Waals surface area contributed by atoms with Gasteiger partial charge in [-0.2, -0.15) is 10.2 Å². The van der Waals surface area contributed by atoms with Crippen LogP contribution in [0.1, 0.15) is 66.7 Å². The number of hydrogen-bond acceptors (Lipinski definition) is 8. The predicted octanol–water partition coefficient (Wildman–Crippen LogP) is 7.69. The molecule has 6 rings (SSSR count). The summed E-state index contributed by atoms with van der Waals surface area (Å²) in [4.78, 5) is 52.5. The van der Waals surface area contributed by atoms with Crippen molar-refractivity contribution in [1.82, 2.24) is 19.6 Å². The number of Topliss-reactive ketones (excluding diaryl/α,β-unsaturated/α-hetero) is 2. The van der Waals surface area contributed by atoms with E-state index in [0.29, 0.717) is 21.4 Å². The highest BCUT2D eigenvalue weighted by molar-refractivity contribution is 6.31. The van der Waals surface area contributed by atoms with Gasteiger partial charge in [0.25, 0.3) is 0 Å². The van der Waals surface area contributed by atoms with Crippen LogP contribution in [0, 0.1) is 0 Å². The van der Waals surface area contributed by atoms with E-state index in [1.54, 1.807) is 97.1 Å². The van der Waals surface area contributed by atoms with Gasteiger partial charge in [0.2, 0.25) is 11.6 Å². The first kappa shape index (κ1) is 34.0. The van der Waals surface area contributed by atoms with Gasteiger partial charge in [-0.3, -0.25) is 19.2 Å². The zero-order valence-corrected chi connectivity index (χ0v) is 28.3. The Hall–Kier alpha value is -5.84. The van der Waals surface area contributed by atoms with E-state index in [-0.39, 0.29) is 69.9 Å². The van der Waals surface area contributed by atoms with Crippen molar-refractivity contribution in [3.05, 3.63) is 153 Å². The van der Waals surface area contributed by atoms with Crippen LogP contribution in [0.25, 0.3) is 11.4 Å². The van der Waals surface area contributed by atoms with Crippen LogP contribution in [-0.4, -0.2) is 55.9 Å². The SMILES string of the molecule is CC(=O)c1nn(-c2cccc(Cl)c2)cc1C(=O)c1ccccc1OCCOc1ccccc1C(=O)c1cn(-c2cccc(Cl)c2)nc1C(C)=O. The van der Waals surface area contributed by atoms with Crippen LogP contribution in [0.3, 0.4) is 0 Å². The molecule has 0 aliphatic rings. The Labute approximate surface area is 296 Å². The number of benzene rings is 4. The summed E-state index contributed by atoms with van der Waals surface area (Å²) in [6, 6.07) is 27.1. The summed E-state index contributed by atoms with van der Waals surface area (Å²) in [5, 5.41) is 9.67. The van der Waals surface area contributed by atoms with E-state index < -0.39 is 11.6 Å². The molecule has 250 valence electrons. The normalized spacial score (nSPS) is 10.9. The second kappa shape index (κ2) is 14.7. The predicted molar refractivity (Wildman–Crippen MR) is 188 cm³/mol. The monoisotopic (exact) mass is 706 g/mol. The van der Waals surface area contributed by atoms with Gasteiger partial charge in [-0.15, -0.1) is 0 Å². The number of hydrogen-bond donors (Lipinski definition) is 0. The first-order chi connectivity index (χ1) is 24.1. The topological polar surface area (TPSA) is 122 Å². The lowest BCUT2D eigenvalue weighted by Crippen LogP contribution is -2.14. The Kier molecular flexibility index (Phi) is 10.0. The fourth-order valence-corrected chi connectivity index (χ4v) is 5.62. The standard InChI is InChI=1S/C38H28Cl2N4O6/c1-23(45)35-31(21-43(41-35)27-11-7-9-25(39)19-27)37(47)29-13-3-5-15-33(29)49-17-18-50-34-16-6-4-14-30(34)38(48)32-22-44(42-36(32)24(2)46)28-12-8-10-26(40)20-28/h3-16,19-22H,17-18H2,1-2H3. The van der Waals surface area contributed by atoms with Crippen molar-refractivity contribution < 1.29 is 28.7 Å². The summed E-state index contributed by atoms with van der Waals surface area (Å²) in [6.07, 6.45) is 2.99. The molecule has 2 heterocycles. The number of ketones is 4. The van der Waals surface area contributed by atoms with E-state index in [4.69, 9.17) is 32.7 Å². The third-order valence-corrected chi connectivity index (χ3v) is 8.06. The molecule has 10 nitrogen and oxygen atoms in total. The van der Waals surface area contributed by atoms with Gasteiger partial charge in [-0.1, -0.05) is 59.6 Å². The Morgan fingerprint density at radius 3 is 1.34 bits per heavy atom. The number of aromatic nitrogens is 4. The number of carbonyl (C=O) groups is 4. The largest absolute Gasteiger partial charge is 0.489 e. The lowest BCUT2D eigenvalue weighted by atomic mass is 10.0. The number of para-hydroxylation sites is 2. The number of carbonyl (C=O) groups excluding carboxylic acids is 4. The highest BCUT2D eigenvalue weighted by Gasteiger charge is 2.25. The minimum Gasteiger partial charge on any atom is -0.489 e. The van der Waals surface area contributed by atoms with Gasteiger partial charge in [-0.05, 0) is 60.7 Å². The van der Waals surface area contributed by atoms with Crippen molar-refractivity contribution in [3.8, 4) is 22.9 Å².